The van der Waals surface area contributed by atoms with Crippen LogP contribution in [0.15, 0.2) is 64.9 Å². The molecule has 1 unspecified atom stereocenters. The van der Waals surface area contributed by atoms with Crippen molar-refractivity contribution in [1.82, 2.24) is 18.9 Å². The quantitative estimate of drug-likeness (QED) is 0.326. The number of benzene rings is 1. The van der Waals surface area contributed by atoms with E-state index in [1.54, 1.807) is 12.1 Å². The highest BCUT2D eigenvalue weighted by molar-refractivity contribution is 7.90. The lowest BCUT2D eigenvalue weighted by Crippen LogP contribution is -2.44. The van der Waals surface area contributed by atoms with Gasteiger partial charge in [0.05, 0.1) is 29.8 Å². The SMILES string of the molecule is CC1COCCN1c1ccc2c(-c3nc(S(C)(=O)=O)ncc3C(F)(F)F)cn(S(=O)(=O)c3ccccc3)c2n1. The van der Waals surface area contributed by atoms with Crippen LogP contribution in [0.25, 0.3) is 22.3 Å². The molecule has 1 saturated heterocycles. The molecule has 0 bridgehead atoms. The Morgan fingerprint density at radius 3 is 2.38 bits per heavy atom. The maximum atomic E-state index is 14.0. The van der Waals surface area contributed by atoms with Crippen molar-refractivity contribution in [2.75, 3.05) is 30.9 Å². The first-order valence-corrected chi connectivity index (χ1v) is 14.9. The first kappa shape index (κ1) is 27.0. The van der Waals surface area contributed by atoms with Gasteiger partial charge in [0.2, 0.25) is 15.0 Å². The smallest absolute Gasteiger partial charge is 0.377 e. The fourth-order valence-electron chi connectivity index (χ4n) is 4.33. The lowest BCUT2D eigenvalue weighted by Gasteiger charge is -2.34. The molecule has 1 aliphatic rings. The van der Waals surface area contributed by atoms with Crippen LogP contribution >= 0.6 is 0 Å². The van der Waals surface area contributed by atoms with Gasteiger partial charge in [-0.2, -0.15) is 13.2 Å². The van der Waals surface area contributed by atoms with E-state index < -0.39 is 42.5 Å². The third kappa shape index (κ3) is 4.96. The van der Waals surface area contributed by atoms with Crippen LogP contribution in [0.2, 0.25) is 0 Å². The van der Waals surface area contributed by atoms with Crippen LogP contribution in [0.3, 0.4) is 0 Å². The van der Waals surface area contributed by atoms with Crippen molar-refractivity contribution in [1.29, 1.82) is 0 Å². The first-order valence-electron chi connectivity index (χ1n) is 11.6. The van der Waals surface area contributed by atoms with Gasteiger partial charge in [-0.15, -0.1) is 0 Å². The molecular formula is C24H22F3N5O5S2. The van der Waals surface area contributed by atoms with E-state index in [-0.39, 0.29) is 27.5 Å². The number of morpholine rings is 1. The Morgan fingerprint density at radius 2 is 1.74 bits per heavy atom. The van der Waals surface area contributed by atoms with Gasteiger partial charge in [-0.3, -0.25) is 0 Å². The number of hydrogen-bond acceptors (Lipinski definition) is 9. The summed E-state index contributed by atoms with van der Waals surface area (Å²) >= 11 is 0. The second kappa shape index (κ2) is 9.57. The molecule has 4 heterocycles. The maximum absolute atomic E-state index is 14.0. The number of hydrogen-bond donors (Lipinski definition) is 0. The van der Waals surface area contributed by atoms with Crippen molar-refractivity contribution < 1.29 is 34.7 Å². The van der Waals surface area contributed by atoms with Gasteiger partial charge < -0.3 is 9.64 Å². The molecule has 206 valence electrons. The highest BCUT2D eigenvalue weighted by Crippen LogP contribution is 2.40. The third-order valence-electron chi connectivity index (χ3n) is 6.23. The van der Waals surface area contributed by atoms with E-state index in [1.807, 2.05) is 11.8 Å². The van der Waals surface area contributed by atoms with E-state index in [9.17, 15) is 30.0 Å². The summed E-state index contributed by atoms with van der Waals surface area (Å²) in [5, 5.41) is -0.799. The Labute approximate surface area is 222 Å². The summed E-state index contributed by atoms with van der Waals surface area (Å²) in [6.07, 6.45) is -2.84. The minimum Gasteiger partial charge on any atom is -0.377 e. The Balaban J connectivity index is 1.83. The van der Waals surface area contributed by atoms with E-state index >= 15 is 0 Å². The van der Waals surface area contributed by atoms with Crippen molar-refractivity contribution in [3.05, 3.63) is 60.4 Å². The van der Waals surface area contributed by atoms with E-state index in [1.165, 1.54) is 30.3 Å². The van der Waals surface area contributed by atoms with Crippen LogP contribution in [0, 0.1) is 0 Å². The molecule has 1 fully saturated rings. The molecule has 0 N–H and O–H groups in total. The number of aromatic nitrogens is 4. The Hall–Kier alpha value is -3.56. The lowest BCUT2D eigenvalue weighted by molar-refractivity contribution is -0.137. The van der Waals surface area contributed by atoms with Crippen LogP contribution in [0.4, 0.5) is 19.0 Å². The van der Waals surface area contributed by atoms with E-state index in [0.29, 0.717) is 31.8 Å². The largest absolute Gasteiger partial charge is 0.419 e. The molecule has 15 heteroatoms. The zero-order valence-electron chi connectivity index (χ0n) is 20.6. The number of nitrogens with zero attached hydrogens (tertiary/aromatic N) is 5. The van der Waals surface area contributed by atoms with Crippen molar-refractivity contribution in [2.24, 2.45) is 0 Å². The maximum Gasteiger partial charge on any atom is 0.419 e. The molecule has 5 rings (SSSR count). The van der Waals surface area contributed by atoms with Crippen molar-refractivity contribution in [2.45, 2.75) is 29.2 Å². The summed E-state index contributed by atoms with van der Waals surface area (Å²) in [6, 6.07) is 10.3. The minimum absolute atomic E-state index is 0.0304. The average Bonchev–Trinajstić information content (AvgIpc) is 3.28. The first-order chi connectivity index (χ1) is 18.3. The van der Waals surface area contributed by atoms with Crippen LogP contribution in [0.5, 0.6) is 0 Å². The fraction of sp³-hybridized carbons (Fsp3) is 0.292. The second-order valence-corrected chi connectivity index (χ2v) is 12.7. The van der Waals surface area contributed by atoms with Crippen molar-refractivity contribution in [3.8, 4) is 11.3 Å². The summed E-state index contributed by atoms with van der Waals surface area (Å²) in [7, 11) is -8.42. The molecule has 0 radical (unpaired) electrons. The molecule has 0 spiro atoms. The topological polar surface area (TPSA) is 124 Å². The van der Waals surface area contributed by atoms with Gasteiger partial charge in [0.1, 0.15) is 11.4 Å². The average molecular weight is 582 g/mol. The van der Waals surface area contributed by atoms with E-state index in [0.717, 1.165) is 16.4 Å². The number of ether oxygens (including phenoxy) is 1. The molecule has 1 aromatic carbocycles. The molecule has 39 heavy (non-hydrogen) atoms. The normalized spacial score (nSPS) is 17.1. The van der Waals surface area contributed by atoms with Gasteiger partial charge in [-0.25, -0.2) is 35.8 Å². The third-order valence-corrected chi connectivity index (χ3v) is 8.75. The number of sulfone groups is 1. The monoisotopic (exact) mass is 581 g/mol. The van der Waals surface area contributed by atoms with Gasteiger partial charge in [-0.05, 0) is 31.2 Å². The number of rotatable bonds is 5. The molecule has 4 aromatic rings. The van der Waals surface area contributed by atoms with Gasteiger partial charge in [0.15, 0.2) is 5.65 Å². The second-order valence-electron chi connectivity index (χ2n) is 9.00. The molecule has 0 saturated carbocycles. The molecule has 10 nitrogen and oxygen atoms in total. The van der Waals surface area contributed by atoms with Crippen LogP contribution in [0.1, 0.15) is 12.5 Å². The molecule has 0 amide bonds. The zero-order valence-corrected chi connectivity index (χ0v) is 22.3. The minimum atomic E-state index is -4.96. The summed E-state index contributed by atoms with van der Waals surface area (Å²) < 4.78 is 99.9. The summed E-state index contributed by atoms with van der Waals surface area (Å²) in [5.74, 6) is 0.406. The number of anilines is 1. The van der Waals surface area contributed by atoms with Gasteiger partial charge in [0.25, 0.3) is 10.0 Å². The zero-order chi connectivity index (χ0) is 28.2. The summed E-state index contributed by atoms with van der Waals surface area (Å²) in [6.45, 7) is 3.21. The van der Waals surface area contributed by atoms with Crippen LogP contribution < -0.4 is 4.90 Å². The summed E-state index contributed by atoms with van der Waals surface area (Å²) in [4.78, 5) is 13.5. The molecular weight excluding hydrogens is 559 g/mol. The van der Waals surface area contributed by atoms with Crippen molar-refractivity contribution in [3.63, 3.8) is 0 Å². The van der Waals surface area contributed by atoms with Crippen molar-refractivity contribution >= 4 is 36.7 Å². The number of pyridine rings is 1. The van der Waals surface area contributed by atoms with Gasteiger partial charge in [-0.1, -0.05) is 18.2 Å². The Morgan fingerprint density at radius 1 is 1.03 bits per heavy atom. The number of halogens is 3. The lowest BCUT2D eigenvalue weighted by atomic mass is 10.1. The molecule has 0 aliphatic carbocycles. The van der Waals surface area contributed by atoms with Crippen LogP contribution in [-0.4, -0.2) is 67.8 Å². The summed E-state index contributed by atoms with van der Waals surface area (Å²) in [5.41, 5.74) is -2.51. The Bertz CT molecular complexity index is 1780. The van der Waals surface area contributed by atoms with E-state index in [2.05, 4.69) is 15.0 Å². The fourth-order valence-corrected chi connectivity index (χ4v) is 6.17. The van der Waals surface area contributed by atoms with E-state index in [4.69, 9.17) is 4.74 Å². The molecule has 1 aliphatic heterocycles. The molecule has 3 aromatic heterocycles. The Kier molecular flexibility index (Phi) is 6.63. The predicted octanol–water partition coefficient (Wildman–Crippen LogP) is 3.38. The standard InChI is InChI=1S/C24H22F3N5O5S2/c1-15-14-37-11-10-31(15)20-9-8-17-18(21-19(24(25,26)27)12-28-23(30-21)38(2,33)34)13-32(22(17)29-20)39(35,36)16-6-4-3-5-7-16/h3-9,12-13,15H,10-11,14H2,1-2H3. The van der Waals surface area contributed by atoms with Crippen LogP contribution in [-0.2, 0) is 30.8 Å². The highest BCUT2D eigenvalue weighted by atomic mass is 32.2. The highest BCUT2D eigenvalue weighted by Gasteiger charge is 2.38. The predicted molar refractivity (Wildman–Crippen MR) is 136 cm³/mol. The number of fused-ring (bicyclic) bond motifs is 1. The number of alkyl halides is 3. The van der Waals surface area contributed by atoms with Gasteiger partial charge in [0, 0.05) is 36.1 Å². The molecule has 1 atom stereocenters. The van der Waals surface area contributed by atoms with Gasteiger partial charge >= 0.3 is 6.18 Å².